The van der Waals surface area contributed by atoms with Gasteiger partial charge in [-0.2, -0.15) is 0 Å². The van der Waals surface area contributed by atoms with Gasteiger partial charge in [0.05, 0.1) is 66.6 Å². The van der Waals surface area contributed by atoms with Gasteiger partial charge in [0.25, 0.3) is 0 Å². The fourth-order valence-corrected chi connectivity index (χ4v) is 19.2. The number of thiophene rings is 1. The summed E-state index contributed by atoms with van der Waals surface area (Å²) < 4.78 is 25.6. The Kier molecular flexibility index (Phi) is 15.5. The van der Waals surface area contributed by atoms with Crippen LogP contribution in [-0.2, 0) is 0 Å². The van der Waals surface area contributed by atoms with Crippen molar-refractivity contribution in [2.45, 2.75) is 0 Å². The first-order chi connectivity index (χ1) is 57.4. The molecule has 0 spiro atoms. The van der Waals surface area contributed by atoms with Gasteiger partial charge >= 0.3 is 0 Å². The number of rotatable bonds is 10. The zero-order chi connectivity index (χ0) is 76.5. The molecule has 116 heavy (non-hydrogen) atoms. The van der Waals surface area contributed by atoms with Crippen LogP contribution in [0.3, 0.4) is 0 Å². The third-order valence-corrected chi connectivity index (χ3v) is 24.4. The van der Waals surface area contributed by atoms with Crippen molar-refractivity contribution in [2.24, 2.45) is 0 Å². The molecule has 542 valence electrons. The minimum atomic E-state index is -0.242. The fourth-order valence-electron chi connectivity index (χ4n) is 17.8. The van der Waals surface area contributed by atoms with Crippen molar-refractivity contribution in [3.63, 3.8) is 0 Å². The smallest absolute Gasteiger partial charge is 0.235 e. The summed E-state index contributed by atoms with van der Waals surface area (Å²) in [6.45, 7) is 0. The molecule has 0 unspecified atom stereocenters. The molecular weight excluding hydrogens is 1440 g/mol. The molecule has 8 nitrogen and oxygen atoms in total. The molecule has 0 saturated carbocycles. The van der Waals surface area contributed by atoms with Gasteiger partial charge in [-0.25, -0.2) is 24.3 Å². The van der Waals surface area contributed by atoms with Crippen LogP contribution < -0.4 is 0 Å². The number of para-hydroxylation sites is 7. The first-order valence-electron chi connectivity index (χ1n) is 39.1. The summed E-state index contributed by atoms with van der Waals surface area (Å²) in [5, 5.41) is 14.1. The number of halogens is 1. The van der Waals surface area contributed by atoms with E-state index in [2.05, 4.69) is 358 Å². The van der Waals surface area contributed by atoms with E-state index in [0.717, 1.165) is 122 Å². The van der Waals surface area contributed by atoms with Gasteiger partial charge in [-0.3, -0.25) is 4.57 Å². The average Bonchev–Trinajstić information content (AvgIpc) is 1.57. The Morgan fingerprint density at radius 3 is 1.04 bits per heavy atom. The van der Waals surface area contributed by atoms with E-state index >= 15 is 0 Å². The fraction of sp³-hybridized carbons (Fsp3) is 0. The summed E-state index contributed by atoms with van der Waals surface area (Å²) in [5.74, 6) is 1.12. The predicted molar refractivity (Wildman–Crippen MR) is 482 cm³/mol. The molecule has 7 aromatic heterocycles. The summed E-state index contributed by atoms with van der Waals surface area (Å²) in [6.07, 6.45) is 0. The zero-order valence-corrected chi connectivity index (χ0v) is 63.2. The lowest BCUT2D eigenvalue weighted by molar-refractivity contribution is 0.627. The molecule has 0 atom stereocenters. The quantitative estimate of drug-likeness (QED) is 0.137. The molecule has 0 aliphatic heterocycles. The van der Waals surface area contributed by atoms with Crippen molar-refractivity contribution < 1.29 is 4.39 Å². The molecule has 0 N–H and O–H groups in total. The lowest BCUT2D eigenvalue weighted by Gasteiger charge is -2.12. The van der Waals surface area contributed by atoms with E-state index < -0.39 is 0 Å². The standard InChI is InChI=1S/C56H34N4S.C50H31FN4/c1-3-15-35(16-4-1)39-22-13-23-42-43-24-14-25-45(55(43)61-54(39)42)53-44-21-7-10-26-48(44)57-56(58-53)60-50-28-12-9-20-41(50)47-34-37(30-32-52(47)60)36-29-31-51-46(33-36)40-19-8-11-27-49(40)59(51)38-17-5-2-6-18-38;51-36-22-26-38(27-23-36)55-46-17-9-6-13-40(46)43-31-35(21-29-48(43)55)34-20-28-47-42(30-34)39-12-5-8-16-45(39)54(47)37-24-18-33(19-25-37)50-52-44-15-7-4-14-41(44)49(53-50)32-10-2-1-3-11-32/h1-34H;1-31H. The van der Waals surface area contributed by atoms with Gasteiger partial charge in [0.1, 0.15) is 5.82 Å². The molecule has 0 radical (unpaired) electrons. The minimum absolute atomic E-state index is 0.242. The lowest BCUT2D eigenvalue weighted by Crippen LogP contribution is -2.03. The van der Waals surface area contributed by atoms with Gasteiger partial charge in [-0.1, -0.05) is 249 Å². The van der Waals surface area contributed by atoms with E-state index in [4.69, 9.17) is 19.9 Å². The normalized spacial score (nSPS) is 11.8. The highest BCUT2D eigenvalue weighted by Gasteiger charge is 2.24. The monoisotopic (exact) mass is 1500 g/mol. The van der Waals surface area contributed by atoms with Gasteiger partial charge in [0.2, 0.25) is 5.95 Å². The minimum Gasteiger partial charge on any atom is -0.309 e. The Morgan fingerprint density at radius 2 is 0.552 bits per heavy atom. The first kappa shape index (κ1) is 66.5. The van der Waals surface area contributed by atoms with Crippen molar-refractivity contribution >= 4 is 141 Å². The van der Waals surface area contributed by atoms with Crippen molar-refractivity contribution in [3.8, 4) is 90.3 Å². The highest BCUT2D eigenvalue weighted by atomic mass is 32.1. The molecule has 0 amide bonds. The van der Waals surface area contributed by atoms with E-state index in [1.54, 1.807) is 0 Å². The van der Waals surface area contributed by atoms with Gasteiger partial charge in [-0.15, -0.1) is 11.3 Å². The van der Waals surface area contributed by atoms with Gasteiger partial charge in [0.15, 0.2) is 5.82 Å². The molecule has 0 aliphatic rings. The molecule has 0 saturated heterocycles. The highest BCUT2D eigenvalue weighted by molar-refractivity contribution is 7.27. The average molecular weight is 1500 g/mol. The second kappa shape index (κ2) is 27.0. The van der Waals surface area contributed by atoms with Crippen molar-refractivity contribution in [1.29, 1.82) is 0 Å². The molecule has 24 rings (SSSR count). The zero-order valence-electron chi connectivity index (χ0n) is 62.4. The number of aromatic nitrogens is 8. The van der Waals surface area contributed by atoms with Crippen LogP contribution in [0.25, 0.3) is 219 Å². The van der Waals surface area contributed by atoms with Gasteiger partial charge in [0, 0.05) is 108 Å². The third-order valence-electron chi connectivity index (χ3n) is 23.1. The Labute approximate surface area is 669 Å². The molecule has 0 fully saturated rings. The van der Waals surface area contributed by atoms with E-state index in [1.807, 2.05) is 53.8 Å². The van der Waals surface area contributed by atoms with Crippen molar-refractivity contribution in [3.05, 3.63) is 400 Å². The van der Waals surface area contributed by atoms with Crippen LogP contribution in [0.4, 0.5) is 4.39 Å². The highest BCUT2D eigenvalue weighted by Crippen LogP contribution is 2.47. The maximum atomic E-state index is 13.9. The summed E-state index contributed by atoms with van der Waals surface area (Å²) in [7, 11) is 0. The maximum Gasteiger partial charge on any atom is 0.235 e. The molecular formula is C106H65FN8S. The summed E-state index contributed by atoms with van der Waals surface area (Å²) in [5.41, 5.74) is 26.1. The largest absolute Gasteiger partial charge is 0.309 e. The SMILES string of the molecule is Fc1ccc(-n2c3ccccc3c3cc(-c4ccc5c(c4)c4ccccc4n5-c4ccc(-c5nc(-c6ccccc6)c6ccccc6n5)cc4)ccc32)cc1.c1ccc(-c2cccc3c2sc2c(-c4nc(-n5c6ccccc6c6cc(-c7ccc8c(c7)c7ccccc7n8-c7ccccc7)ccc65)nc5ccccc45)cccc23)cc1. The topological polar surface area (TPSA) is 71.3 Å². The van der Waals surface area contributed by atoms with E-state index in [1.165, 1.54) is 97.9 Å². The summed E-state index contributed by atoms with van der Waals surface area (Å²) in [6, 6.07) is 138. The molecule has 10 heteroatoms. The Morgan fingerprint density at radius 1 is 0.207 bits per heavy atom. The Bertz CT molecular complexity index is 8080. The second-order valence-electron chi connectivity index (χ2n) is 29.7. The lowest BCUT2D eigenvalue weighted by atomic mass is 10.0. The number of benzene rings is 17. The number of hydrogen-bond acceptors (Lipinski definition) is 5. The third kappa shape index (κ3) is 10.9. The summed E-state index contributed by atoms with van der Waals surface area (Å²) in [4.78, 5) is 20.9. The van der Waals surface area contributed by atoms with E-state index in [-0.39, 0.29) is 5.82 Å². The van der Waals surface area contributed by atoms with Crippen LogP contribution >= 0.6 is 11.3 Å². The molecule has 17 aromatic carbocycles. The number of nitrogens with zero attached hydrogens (tertiary/aromatic N) is 8. The van der Waals surface area contributed by atoms with Crippen molar-refractivity contribution in [2.75, 3.05) is 0 Å². The van der Waals surface area contributed by atoms with Gasteiger partial charge < -0.3 is 13.7 Å². The van der Waals surface area contributed by atoms with Gasteiger partial charge in [-0.05, 0) is 179 Å². The van der Waals surface area contributed by atoms with Crippen LogP contribution in [0.1, 0.15) is 0 Å². The van der Waals surface area contributed by atoms with Crippen LogP contribution in [0.5, 0.6) is 0 Å². The van der Waals surface area contributed by atoms with Crippen molar-refractivity contribution in [1.82, 2.24) is 38.2 Å². The second-order valence-corrected chi connectivity index (χ2v) is 30.7. The Balaban J connectivity index is 0.000000138. The Hall–Kier alpha value is -15.2. The maximum absolute atomic E-state index is 13.9. The molecule has 0 aliphatic carbocycles. The molecule has 7 heterocycles. The predicted octanol–water partition coefficient (Wildman–Crippen LogP) is 28.2. The molecule has 0 bridgehead atoms. The van der Waals surface area contributed by atoms with Crippen LogP contribution in [0.2, 0.25) is 0 Å². The van der Waals surface area contributed by atoms with E-state index in [0.29, 0.717) is 11.8 Å². The number of hydrogen-bond donors (Lipinski definition) is 0. The number of fused-ring (bicyclic) bond motifs is 17. The van der Waals surface area contributed by atoms with Crippen LogP contribution in [0.15, 0.2) is 394 Å². The van der Waals surface area contributed by atoms with Crippen LogP contribution in [0, 0.1) is 5.82 Å². The first-order valence-corrected chi connectivity index (χ1v) is 39.9. The van der Waals surface area contributed by atoms with E-state index in [9.17, 15) is 4.39 Å². The molecule has 24 aromatic rings. The summed E-state index contributed by atoms with van der Waals surface area (Å²) >= 11 is 1.85. The van der Waals surface area contributed by atoms with Crippen LogP contribution in [-0.4, -0.2) is 38.2 Å².